The first-order valence-corrected chi connectivity index (χ1v) is 12.7. The first-order chi connectivity index (χ1) is 18.4. The van der Waals surface area contributed by atoms with Crippen LogP contribution in [0, 0.1) is 5.82 Å². The molecule has 6 rings (SSSR count). The number of ether oxygens (including phenoxy) is 2. The molecule has 0 unspecified atom stereocenters. The van der Waals surface area contributed by atoms with Crippen molar-refractivity contribution in [2.45, 2.75) is 45.1 Å². The number of carbonyl (C=O) groups excluding carboxylic acids is 1. The van der Waals surface area contributed by atoms with Crippen LogP contribution < -0.4 is 4.74 Å². The van der Waals surface area contributed by atoms with E-state index in [1.54, 1.807) is 22.9 Å². The van der Waals surface area contributed by atoms with Crippen molar-refractivity contribution in [3.05, 3.63) is 77.3 Å². The molecule has 0 saturated heterocycles. The van der Waals surface area contributed by atoms with Gasteiger partial charge in [0.25, 0.3) is 0 Å². The molecule has 0 atom stereocenters. The molecule has 38 heavy (non-hydrogen) atoms. The highest BCUT2D eigenvalue weighted by Gasteiger charge is 2.31. The Morgan fingerprint density at radius 3 is 2.74 bits per heavy atom. The molecule has 0 bridgehead atoms. The molecule has 0 aliphatic heterocycles. The first kappa shape index (κ1) is 24.2. The van der Waals surface area contributed by atoms with Crippen LogP contribution in [0.2, 0.25) is 0 Å². The third-order valence-electron chi connectivity index (χ3n) is 7.29. The number of pyridine rings is 2. The standard InChI is InChI=1S/C30H28FN3O4/c1-16(2)18-9-10-22(17-7-8-17)33-23(18)15-34-24-14-21(31)19-11-13-38-28(19)26(24)25(27(34)30(35)37-4)20-6-5-12-32-29(20)36-3/h5-6,9-14,16-17H,7-8,15H2,1-4H3. The van der Waals surface area contributed by atoms with Crippen molar-refractivity contribution in [2.75, 3.05) is 14.2 Å². The summed E-state index contributed by atoms with van der Waals surface area (Å²) in [4.78, 5) is 22.9. The van der Waals surface area contributed by atoms with Gasteiger partial charge in [0, 0.05) is 28.9 Å². The summed E-state index contributed by atoms with van der Waals surface area (Å²) in [5.74, 6) is 0.00132. The maximum atomic E-state index is 15.4. The fourth-order valence-corrected chi connectivity index (χ4v) is 5.32. The number of benzene rings is 1. The smallest absolute Gasteiger partial charge is 0.355 e. The summed E-state index contributed by atoms with van der Waals surface area (Å²) in [6.07, 6.45) is 5.31. The lowest BCUT2D eigenvalue weighted by atomic mass is 10.00. The van der Waals surface area contributed by atoms with E-state index in [9.17, 15) is 4.79 Å². The average molecular weight is 514 g/mol. The van der Waals surface area contributed by atoms with E-state index >= 15 is 4.39 Å². The number of hydrogen-bond donors (Lipinski definition) is 0. The Kier molecular flexibility index (Phi) is 5.90. The van der Waals surface area contributed by atoms with Crippen molar-refractivity contribution < 1.29 is 23.1 Å². The lowest BCUT2D eigenvalue weighted by molar-refractivity contribution is 0.0590. The number of aromatic nitrogens is 3. The van der Waals surface area contributed by atoms with Crippen LogP contribution in [0.3, 0.4) is 0 Å². The predicted octanol–water partition coefficient (Wildman–Crippen LogP) is 6.83. The number of hydrogen-bond acceptors (Lipinski definition) is 6. The molecule has 0 spiro atoms. The van der Waals surface area contributed by atoms with Gasteiger partial charge in [-0.2, -0.15) is 0 Å². The molecule has 5 aromatic rings. The predicted molar refractivity (Wildman–Crippen MR) is 142 cm³/mol. The number of rotatable bonds is 7. The van der Waals surface area contributed by atoms with E-state index in [0.717, 1.165) is 29.8 Å². The van der Waals surface area contributed by atoms with Gasteiger partial charge < -0.3 is 18.5 Å². The Balaban J connectivity index is 1.72. The quantitative estimate of drug-likeness (QED) is 0.222. The van der Waals surface area contributed by atoms with Crippen molar-refractivity contribution in [1.82, 2.24) is 14.5 Å². The summed E-state index contributed by atoms with van der Waals surface area (Å²) < 4.78 is 33.9. The van der Waals surface area contributed by atoms with Gasteiger partial charge in [0.05, 0.1) is 49.0 Å². The summed E-state index contributed by atoms with van der Waals surface area (Å²) in [5.41, 5.74) is 5.16. The van der Waals surface area contributed by atoms with Crippen molar-refractivity contribution >= 4 is 27.8 Å². The number of carbonyl (C=O) groups is 1. The van der Waals surface area contributed by atoms with Crippen molar-refractivity contribution in [3.8, 4) is 17.0 Å². The fourth-order valence-electron chi connectivity index (χ4n) is 5.32. The number of esters is 1. The third kappa shape index (κ3) is 3.83. The Bertz CT molecular complexity index is 1700. The molecule has 4 heterocycles. The number of nitrogens with zero attached hydrogens (tertiary/aromatic N) is 3. The zero-order valence-corrected chi connectivity index (χ0v) is 21.7. The van der Waals surface area contributed by atoms with Crippen LogP contribution in [0.5, 0.6) is 5.88 Å². The van der Waals surface area contributed by atoms with Crippen LogP contribution in [0.4, 0.5) is 4.39 Å². The highest BCUT2D eigenvalue weighted by molar-refractivity contribution is 6.17. The van der Waals surface area contributed by atoms with E-state index in [4.69, 9.17) is 18.9 Å². The van der Waals surface area contributed by atoms with Gasteiger partial charge in [-0.15, -0.1) is 0 Å². The van der Waals surface area contributed by atoms with Crippen molar-refractivity contribution in [2.24, 2.45) is 0 Å². The summed E-state index contributed by atoms with van der Waals surface area (Å²) in [7, 11) is 2.86. The van der Waals surface area contributed by atoms with Crippen molar-refractivity contribution in [3.63, 3.8) is 0 Å². The van der Waals surface area contributed by atoms with Crippen LogP contribution in [-0.4, -0.2) is 34.7 Å². The van der Waals surface area contributed by atoms with E-state index in [-0.39, 0.29) is 18.2 Å². The number of methoxy groups -OCH3 is 2. The zero-order valence-electron chi connectivity index (χ0n) is 21.7. The van der Waals surface area contributed by atoms with Gasteiger partial charge in [-0.25, -0.2) is 14.2 Å². The minimum absolute atomic E-state index is 0.209. The van der Waals surface area contributed by atoms with Crippen LogP contribution >= 0.6 is 0 Å². The molecule has 8 heteroatoms. The molecule has 1 aliphatic rings. The topological polar surface area (TPSA) is 79.4 Å². The molecular weight excluding hydrogens is 485 g/mol. The SMILES string of the molecule is COC(=O)c1c(-c2cccnc2OC)c2c3occc3c(F)cc2n1Cc1nc(C2CC2)ccc1C(C)C. The van der Waals surface area contributed by atoms with E-state index in [1.807, 2.05) is 6.07 Å². The molecule has 4 aromatic heterocycles. The normalized spacial score (nSPS) is 13.5. The van der Waals surface area contributed by atoms with Gasteiger partial charge in [0.2, 0.25) is 5.88 Å². The summed E-state index contributed by atoms with van der Waals surface area (Å²) in [6, 6.07) is 10.8. The molecule has 1 aliphatic carbocycles. The number of furan rings is 1. The minimum Gasteiger partial charge on any atom is -0.481 e. The highest BCUT2D eigenvalue weighted by atomic mass is 19.1. The Labute approximate surface area is 219 Å². The van der Waals surface area contributed by atoms with Gasteiger partial charge >= 0.3 is 5.97 Å². The minimum atomic E-state index is -0.563. The lowest BCUT2D eigenvalue weighted by Crippen LogP contribution is -2.15. The third-order valence-corrected chi connectivity index (χ3v) is 7.29. The van der Waals surface area contributed by atoms with E-state index in [1.165, 1.54) is 26.5 Å². The molecular formula is C30H28FN3O4. The average Bonchev–Trinajstić information content (AvgIpc) is 3.57. The van der Waals surface area contributed by atoms with E-state index in [0.29, 0.717) is 44.8 Å². The maximum absolute atomic E-state index is 15.4. The molecule has 7 nitrogen and oxygen atoms in total. The fraction of sp³-hybridized carbons (Fsp3) is 0.300. The highest BCUT2D eigenvalue weighted by Crippen LogP contribution is 2.44. The van der Waals surface area contributed by atoms with Crippen LogP contribution in [-0.2, 0) is 11.3 Å². The molecule has 0 radical (unpaired) electrons. The molecule has 0 N–H and O–H groups in total. The van der Waals surface area contributed by atoms with Gasteiger partial charge in [0.15, 0.2) is 0 Å². The summed E-state index contributed by atoms with van der Waals surface area (Å²) in [5, 5.41) is 0.912. The molecule has 0 amide bonds. The molecule has 1 aromatic carbocycles. The number of halogens is 1. The zero-order chi connectivity index (χ0) is 26.6. The van der Waals surface area contributed by atoms with E-state index in [2.05, 4.69) is 31.0 Å². The Hall–Kier alpha value is -4.20. The summed E-state index contributed by atoms with van der Waals surface area (Å²) in [6.45, 7) is 4.48. The second kappa shape index (κ2) is 9.28. The van der Waals surface area contributed by atoms with Crippen LogP contribution in [0.1, 0.15) is 66.0 Å². The Morgan fingerprint density at radius 2 is 2.03 bits per heavy atom. The van der Waals surface area contributed by atoms with Gasteiger partial charge in [-0.1, -0.05) is 19.9 Å². The van der Waals surface area contributed by atoms with Gasteiger partial charge in [0.1, 0.15) is 17.1 Å². The number of fused-ring (bicyclic) bond motifs is 3. The Morgan fingerprint density at radius 1 is 1.21 bits per heavy atom. The second-order valence-electron chi connectivity index (χ2n) is 9.98. The second-order valence-corrected chi connectivity index (χ2v) is 9.98. The largest absolute Gasteiger partial charge is 0.481 e. The lowest BCUT2D eigenvalue weighted by Gasteiger charge is -2.17. The summed E-state index contributed by atoms with van der Waals surface area (Å²) >= 11 is 0. The van der Waals surface area contributed by atoms with Crippen LogP contribution in [0.25, 0.3) is 33.0 Å². The van der Waals surface area contributed by atoms with Gasteiger partial charge in [-0.05, 0) is 54.7 Å². The van der Waals surface area contributed by atoms with Crippen LogP contribution in [0.15, 0.2) is 53.3 Å². The molecule has 194 valence electrons. The van der Waals surface area contributed by atoms with Crippen molar-refractivity contribution in [1.29, 1.82) is 0 Å². The maximum Gasteiger partial charge on any atom is 0.355 e. The first-order valence-electron chi connectivity index (χ1n) is 12.7. The van der Waals surface area contributed by atoms with E-state index < -0.39 is 11.8 Å². The van der Waals surface area contributed by atoms with Gasteiger partial charge in [-0.3, -0.25) is 4.98 Å². The monoisotopic (exact) mass is 513 g/mol. The molecule has 1 fully saturated rings. The molecule has 1 saturated carbocycles.